The Morgan fingerprint density at radius 1 is 1.29 bits per heavy atom. The molecule has 0 saturated heterocycles. The Morgan fingerprint density at radius 3 is 2.95 bits per heavy atom. The molecule has 3 rings (SSSR count). The lowest BCUT2D eigenvalue weighted by molar-refractivity contribution is 0.0322. The van der Waals surface area contributed by atoms with E-state index in [1.165, 1.54) is 18.0 Å². The monoisotopic (exact) mass is 280 g/mol. The molecule has 0 amide bonds. The summed E-state index contributed by atoms with van der Waals surface area (Å²) in [4.78, 5) is 8.07. The lowest BCUT2D eigenvalue weighted by Crippen LogP contribution is -2.37. The first-order valence-corrected chi connectivity index (χ1v) is 6.99. The molecule has 5 heteroatoms. The molecule has 1 aliphatic carbocycles. The third-order valence-electron chi connectivity index (χ3n) is 3.91. The third-order valence-corrected chi connectivity index (χ3v) is 3.91. The van der Waals surface area contributed by atoms with Crippen LogP contribution in [0.5, 0.6) is 0 Å². The smallest absolute Gasteiger partial charge is 0.182 e. The lowest BCUT2D eigenvalue weighted by atomic mass is 9.79. The average Bonchev–Trinajstić information content (AvgIpc) is 2.54. The van der Waals surface area contributed by atoms with Gasteiger partial charge in [0.15, 0.2) is 11.5 Å². The minimum Gasteiger partial charge on any atom is -0.383 e. The van der Waals surface area contributed by atoms with Crippen LogP contribution in [-0.2, 0) is 12.0 Å². The molecule has 1 aliphatic rings. The fourth-order valence-electron chi connectivity index (χ4n) is 2.86. The topological polar surface area (TPSA) is 81.8 Å². The van der Waals surface area contributed by atoms with Gasteiger partial charge >= 0.3 is 0 Å². The van der Waals surface area contributed by atoms with Crippen molar-refractivity contribution in [3.8, 4) is 6.07 Å². The summed E-state index contributed by atoms with van der Waals surface area (Å²) in [5.41, 5.74) is 1.46. The summed E-state index contributed by atoms with van der Waals surface area (Å²) in [5.74, 6) is 0.413. The van der Waals surface area contributed by atoms with Gasteiger partial charge in [-0.2, -0.15) is 5.26 Å². The number of hydrogen-bond acceptors (Lipinski definition) is 5. The summed E-state index contributed by atoms with van der Waals surface area (Å²) < 4.78 is 0. The SMILES string of the molecule is N#Cc1nccnc1NC[C@]1(O)CCCc2ccccc21. The number of hydrogen-bond donors (Lipinski definition) is 2. The van der Waals surface area contributed by atoms with Crippen LogP contribution in [0.4, 0.5) is 5.82 Å². The molecule has 1 aromatic heterocycles. The van der Waals surface area contributed by atoms with Crippen LogP contribution in [0.15, 0.2) is 36.7 Å². The molecular formula is C16H16N4O. The third kappa shape index (κ3) is 2.58. The maximum atomic E-state index is 11.0. The number of anilines is 1. The Bertz CT molecular complexity index is 695. The largest absolute Gasteiger partial charge is 0.383 e. The number of nitrogens with zero attached hydrogens (tertiary/aromatic N) is 3. The van der Waals surface area contributed by atoms with Gasteiger partial charge in [-0.1, -0.05) is 24.3 Å². The quantitative estimate of drug-likeness (QED) is 0.898. The number of rotatable bonds is 3. The van der Waals surface area contributed by atoms with Gasteiger partial charge in [0, 0.05) is 18.9 Å². The van der Waals surface area contributed by atoms with Crippen molar-refractivity contribution in [2.75, 3.05) is 11.9 Å². The molecule has 0 spiro atoms. The highest BCUT2D eigenvalue weighted by Crippen LogP contribution is 2.35. The van der Waals surface area contributed by atoms with Gasteiger partial charge < -0.3 is 10.4 Å². The average molecular weight is 280 g/mol. The molecule has 1 atom stereocenters. The normalized spacial score (nSPS) is 20.4. The maximum Gasteiger partial charge on any atom is 0.182 e. The summed E-state index contributed by atoms with van der Waals surface area (Å²) in [6.07, 6.45) is 5.64. The van der Waals surface area contributed by atoms with Crippen LogP contribution in [0.25, 0.3) is 0 Å². The van der Waals surface area contributed by atoms with Crippen LogP contribution in [0.1, 0.15) is 29.7 Å². The van der Waals surface area contributed by atoms with E-state index < -0.39 is 5.60 Å². The van der Waals surface area contributed by atoms with E-state index in [9.17, 15) is 5.11 Å². The number of fused-ring (bicyclic) bond motifs is 1. The zero-order valence-corrected chi connectivity index (χ0v) is 11.6. The fourth-order valence-corrected chi connectivity index (χ4v) is 2.86. The standard InChI is InChI=1S/C16H16N4O/c17-10-14-15(19-9-8-18-14)20-11-16(21)7-3-5-12-4-1-2-6-13(12)16/h1-2,4,6,8-9,21H,3,5,7,11H2,(H,19,20)/t16-/m1/s1. The molecule has 1 aromatic carbocycles. The van der Waals surface area contributed by atoms with Crippen molar-refractivity contribution >= 4 is 5.82 Å². The van der Waals surface area contributed by atoms with Gasteiger partial charge in [0.25, 0.3) is 0 Å². The molecule has 21 heavy (non-hydrogen) atoms. The second-order valence-corrected chi connectivity index (χ2v) is 5.26. The van der Waals surface area contributed by atoms with Crippen LogP contribution in [0.3, 0.4) is 0 Å². The molecular weight excluding hydrogens is 264 g/mol. The summed E-state index contributed by atoms with van der Waals surface area (Å²) >= 11 is 0. The Morgan fingerprint density at radius 2 is 2.10 bits per heavy atom. The van der Waals surface area contributed by atoms with Crippen LogP contribution in [0, 0.1) is 11.3 Å². The van der Waals surface area contributed by atoms with E-state index in [4.69, 9.17) is 5.26 Å². The number of benzene rings is 1. The number of aliphatic hydroxyl groups is 1. The van der Waals surface area contributed by atoms with Crippen molar-refractivity contribution in [1.82, 2.24) is 9.97 Å². The summed E-state index contributed by atoms with van der Waals surface area (Å²) in [6.45, 7) is 0.317. The van der Waals surface area contributed by atoms with Gasteiger partial charge in [-0.05, 0) is 30.4 Å². The zero-order chi connectivity index (χ0) is 14.7. The maximum absolute atomic E-state index is 11.0. The minimum atomic E-state index is -0.931. The molecule has 0 fully saturated rings. The molecule has 2 aromatic rings. The van der Waals surface area contributed by atoms with Crippen LogP contribution >= 0.6 is 0 Å². The molecule has 0 aliphatic heterocycles. The molecule has 0 radical (unpaired) electrons. The zero-order valence-electron chi connectivity index (χ0n) is 11.6. The first kappa shape index (κ1) is 13.5. The number of nitrogens with one attached hydrogen (secondary N) is 1. The van der Waals surface area contributed by atoms with Gasteiger partial charge in [0.1, 0.15) is 11.7 Å². The van der Waals surface area contributed by atoms with Gasteiger partial charge in [-0.25, -0.2) is 9.97 Å². The highest BCUT2D eigenvalue weighted by molar-refractivity contribution is 5.47. The van der Waals surface area contributed by atoms with Crippen molar-refractivity contribution in [2.24, 2.45) is 0 Å². The fraction of sp³-hybridized carbons (Fsp3) is 0.312. The van der Waals surface area contributed by atoms with Crippen LogP contribution in [0.2, 0.25) is 0 Å². The van der Waals surface area contributed by atoms with E-state index in [1.54, 1.807) is 0 Å². The molecule has 2 N–H and O–H groups in total. The Hall–Kier alpha value is -2.45. The summed E-state index contributed by atoms with van der Waals surface area (Å²) in [6, 6.07) is 9.96. The second kappa shape index (κ2) is 5.51. The molecule has 0 saturated carbocycles. The van der Waals surface area contributed by atoms with E-state index in [2.05, 4.69) is 21.4 Å². The van der Waals surface area contributed by atoms with E-state index in [-0.39, 0.29) is 5.69 Å². The van der Waals surface area contributed by atoms with Gasteiger partial charge in [0.05, 0.1) is 0 Å². The van der Waals surface area contributed by atoms with Crippen molar-refractivity contribution in [2.45, 2.75) is 24.9 Å². The number of aryl methyl sites for hydroxylation is 1. The predicted molar refractivity (Wildman–Crippen MR) is 78.5 cm³/mol. The Balaban J connectivity index is 1.84. The molecule has 0 bridgehead atoms. The van der Waals surface area contributed by atoms with Crippen molar-refractivity contribution in [3.63, 3.8) is 0 Å². The highest BCUT2D eigenvalue weighted by Gasteiger charge is 2.34. The van der Waals surface area contributed by atoms with Gasteiger partial charge in [-0.15, -0.1) is 0 Å². The first-order chi connectivity index (χ1) is 10.2. The minimum absolute atomic E-state index is 0.241. The van der Waals surface area contributed by atoms with Crippen molar-refractivity contribution in [3.05, 3.63) is 53.5 Å². The van der Waals surface area contributed by atoms with Crippen LogP contribution in [-0.4, -0.2) is 21.6 Å². The molecule has 1 heterocycles. The van der Waals surface area contributed by atoms with Gasteiger partial charge in [0.2, 0.25) is 0 Å². The summed E-state index contributed by atoms with van der Waals surface area (Å²) in [7, 11) is 0. The molecule has 0 unspecified atom stereocenters. The second-order valence-electron chi connectivity index (χ2n) is 5.26. The van der Waals surface area contributed by atoms with Crippen molar-refractivity contribution < 1.29 is 5.11 Å². The van der Waals surface area contributed by atoms with E-state index in [1.807, 2.05) is 24.3 Å². The molecule has 106 valence electrons. The summed E-state index contributed by atoms with van der Waals surface area (Å²) in [5, 5.41) is 23.0. The van der Waals surface area contributed by atoms with E-state index in [0.29, 0.717) is 18.8 Å². The Labute approximate surface area is 123 Å². The Kier molecular flexibility index (Phi) is 3.55. The van der Waals surface area contributed by atoms with E-state index in [0.717, 1.165) is 18.4 Å². The lowest BCUT2D eigenvalue weighted by Gasteiger charge is -2.34. The van der Waals surface area contributed by atoms with Crippen LogP contribution < -0.4 is 5.32 Å². The predicted octanol–water partition coefficient (Wildman–Crippen LogP) is 1.98. The number of aromatic nitrogens is 2. The van der Waals surface area contributed by atoms with Gasteiger partial charge in [-0.3, -0.25) is 0 Å². The first-order valence-electron chi connectivity index (χ1n) is 6.99. The molecule has 5 nitrogen and oxygen atoms in total. The van der Waals surface area contributed by atoms with Crippen molar-refractivity contribution in [1.29, 1.82) is 5.26 Å². The highest BCUT2D eigenvalue weighted by atomic mass is 16.3. The number of nitriles is 1. The van der Waals surface area contributed by atoms with E-state index >= 15 is 0 Å².